The van der Waals surface area contributed by atoms with Crippen molar-refractivity contribution in [3.63, 3.8) is 0 Å². The molecule has 0 radical (unpaired) electrons. The summed E-state index contributed by atoms with van der Waals surface area (Å²) in [6, 6.07) is 0. The summed E-state index contributed by atoms with van der Waals surface area (Å²) in [7, 11) is 0.495. The minimum Gasteiger partial charge on any atom is -0.474 e. The first-order valence-electron chi connectivity index (χ1n) is 1.14. The fraction of sp³-hybridized carbons (Fsp3) is 0. The molecule has 0 saturated carbocycles. The summed E-state index contributed by atoms with van der Waals surface area (Å²) in [4.78, 5) is 9.79. The molecule has 0 aromatic rings. The van der Waals surface area contributed by atoms with Crippen molar-refractivity contribution in [3.8, 4) is 0 Å². The van der Waals surface area contributed by atoms with Crippen molar-refractivity contribution in [2.75, 3.05) is 0 Å². The van der Waals surface area contributed by atoms with Crippen LogP contribution in [-0.2, 0) is 4.42 Å². The Morgan fingerprint density at radius 1 is 1.71 bits per heavy atom. The molecule has 0 aliphatic carbocycles. The van der Waals surface area contributed by atoms with Gasteiger partial charge >= 0.3 is 5.71 Å². The zero-order valence-electron chi connectivity index (χ0n) is 2.97. The minimum absolute atomic E-state index is 0.0330. The third-order valence-corrected chi connectivity index (χ3v) is 4.87. The van der Waals surface area contributed by atoms with Crippen molar-refractivity contribution in [3.05, 3.63) is 0 Å². The van der Waals surface area contributed by atoms with Crippen molar-refractivity contribution >= 4 is 59.9 Å². The maximum atomic E-state index is 9.79. The van der Waals surface area contributed by atoms with Crippen LogP contribution in [0.25, 0.3) is 0 Å². The monoisotopic (exact) mass is 362 g/mol. The first-order valence-corrected chi connectivity index (χ1v) is 8.95. The van der Waals surface area contributed by atoms with E-state index < -0.39 is 5.71 Å². The first kappa shape index (κ1) is 8.58. The average Bonchev–Trinajstić information content (AvgIpc) is 1.27. The average molecular weight is 362 g/mol. The van der Waals surface area contributed by atoms with Gasteiger partial charge in [-0.2, -0.15) is 0 Å². The van der Waals surface area contributed by atoms with E-state index >= 15 is 0 Å². The van der Waals surface area contributed by atoms with Crippen LogP contribution >= 0.6 is 49.8 Å². The van der Waals surface area contributed by atoms with Crippen LogP contribution in [0.3, 0.4) is 0 Å². The van der Waals surface area contributed by atoms with E-state index in [0.717, 1.165) is 0 Å². The molecule has 0 amide bonds. The molecule has 0 atom stereocenters. The van der Waals surface area contributed by atoms with Crippen molar-refractivity contribution < 1.29 is 9.90 Å². The summed E-state index contributed by atoms with van der Waals surface area (Å²) in [5, 5.41) is 8.07. The Kier molecular flexibility index (Phi) is 5.46. The van der Waals surface area contributed by atoms with Crippen molar-refractivity contribution in [1.82, 2.24) is 0 Å². The highest BCUT2D eigenvalue weighted by Gasteiger charge is 1.87. The number of carboxylic acid groups (broad SMARTS) is 1. The van der Waals surface area contributed by atoms with Crippen molar-refractivity contribution in [1.29, 1.82) is 0 Å². The van der Waals surface area contributed by atoms with Crippen molar-refractivity contribution in [2.45, 2.75) is 0 Å². The molecule has 0 aliphatic heterocycles. The van der Waals surface area contributed by atoms with Gasteiger partial charge in [0.1, 0.15) is 0 Å². The second-order valence-corrected chi connectivity index (χ2v) is 17.7. The first-order chi connectivity index (χ1) is 3.13. The lowest BCUT2D eigenvalue weighted by Gasteiger charge is -1.76. The van der Waals surface area contributed by atoms with Crippen LogP contribution in [0.1, 0.15) is 0 Å². The summed E-state index contributed by atoms with van der Waals surface area (Å²) in [6.07, 6.45) is 0. The van der Waals surface area contributed by atoms with E-state index in [4.69, 9.17) is 5.11 Å². The minimum atomic E-state index is -0.743. The van der Waals surface area contributed by atoms with Gasteiger partial charge in [0.2, 0.25) is 0 Å². The summed E-state index contributed by atoms with van der Waals surface area (Å²) in [5.74, 6) is 0. The zero-order valence-corrected chi connectivity index (χ0v) is 8.99. The molecule has 1 N–H and O–H groups in total. The standard InChI is InChI=1S/CHI2O2PS/c2-7(3)6-1(4)5/h(H,4,5). The summed E-state index contributed by atoms with van der Waals surface area (Å²) < 4.78 is -0.0330. The molecule has 0 heterocycles. The van der Waals surface area contributed by atoms with E-state index in [1.54, 1.807) is 0 Å². The molecular formula is CHI2O2PS. The van der Waals surface area contributed by atoms with Gasteiger partial charge in [0.25, 0.3) is 0 Å². The van der Waals surface area contributed by atoms with Crippen LogP contribution in [0.5, 0.6) is 0 Å². The molecule has 0 unspecified atom stereocenters. The lowest BCUT2D eigenvalue weighted by molar-refractivity contribution is 0.222. The van der Waals surface area contributed by atoms with Crippen LogP contribution in [0, 0.1) is 0 Å². The second kappa shape index (κ2) is 4.46. The molecule has 0 spiro atoms. The lowest BCUT2D eigenvalue weighted by Crippen LogP contribution is -1.70. The van der Waals surface area contributed by atoms with E-state index in [-0.39, 0.29) is 4.42 Å². The largest absolute Gasteiger partial charge is 0.474 e. The Labute approximate surface area is 69.0 Å². The van der Waals surface area contributed by atoms with Gasteiger partial charge < -0.3 is 5.11 Å². The van der Waals surface area contributed by atoms with Gasteiger partial charge in [-0.3, -0.25) is 0 Å². The zero-order chi connectivity index (χ0) is 5.86. The molecule has 0 saturated heterocycles. The van der Waals surface area contributed by atoms with Crippen molar-refractivity contribution in [2.24, 2.45) is 0 Å². The Morgan fingerprint density at radius 3 is 2.14 bits per heavy atom. The molecule has 0 aromatic carbocycles. The van der Waals surface area contributed by atoms with Gasteiger partial charge in [-0.05, 0) is 4.42 Å². The van der Waals surface area contributed by atoms with Gasteiger partial charge in [-0.15, -0.1) is 0 Å². The van der Waals surface area contributed by atoms with E-state index in [9.17, 15) is 4.79 Å². The van der Waals surface area contributed by atoms with Gasteiger partial charge in [0.15, 0.2) is 0 Å². The number of carbonyl (C=O) groups is 1. The molecule has 6 heteroatoms. The molecule has 0 fully saturated rings. The molecule has 0 rings (SSSR count). The fourth-order valence-electron chi connectivity index (χ4n) is 0.0590. The highest BCUT2D eigenvalue weighted by atomic mass is 127. The molecule has 42 valence electrons. The van der Waals surface area contributed by atoms with E-state index in [1.165, 1.54) is 0 Å². The summed E-state index contributed by atoms with van der Waals surface area (Å²) in [5.41, 5.74) is -0.743. The SMILES string of the molecule is O=C(O)P=S(I)I. The van der Waals surface area contributed by atoms with E-state index in [2.05, 4.69) is 42.4 Å². The molecule has 7 heavy (non-hydrogen) atoms. The predicted octanol–water partition coefficient (Wildman–Crippen LogP) is 2.84. The molecule has 0 aromatic heterocycles. The summed E-state index contributed by atoms with van der Waals surface area (Å²) >= 11 is 4.16. The number of halogens is 2. The Hall–Kier alpha value is 1.58. The van der Waals surface area contributed by atoms with Crippen LogP contribution in [-0.4, -0.2) is 10.8 Å². The second-order valence-electron chi connectivity index (χ2n) is 0.570. The maximum Gasteiger partial charge on any atom is 0.361 e. The normalized spacial score (nSPS) is 10.1. The maximum absolute atomic E-state index is 9.79. The Bertz CT molecular complexity index is 108. The molecule has 2 nitrogen and oxygen atoms in total. The van der Waals surface area contributed by atoms with Crippen LogP contribution in [0.2, 0.25) is 0 Å². The van der Waals surface area contributed by atoms with E-state index in [1.807, 2.05) is 0 Å². The van der Waals surface area contributed by atoms with Gasteiger partial charge in [0, 0.05) is 42.4 Å². The quantitative estimate of drug-likeness (QED) is 0.576. The fourth-order valence-corrected chi connectivity index (χ4v) is 3.56. The number of hydrogen-bond donors (Lipinski definition) is 1. The van der Waals surface area contributed by atoms with E-state index in [0.29, 0.717) is 7.36 Å². The third kappa shape index (κ3) is 7.58. The van der Waals surface area contributed by atoms with Crippen LogP contribution < -0.4 is 0 Å². The molecule has 0 bridgehead atoms. The van der Waals surface area contributed by atoms with Crippen LogP contribution in [0.15, 0.2) is 0 Å². The number of hydrogen-bond acceptors (Lipinski definition) is 1. The van der Waals surface area contributed by atoms with Gasteiger partial charge in [-0.25, -0.2) is 4.79 Å². The van der Waals surface area contributed by atoms with Gasteiger partial charge in [-0.1, -0.05) is 0 Å². The highest BCUT2D eigenvalue weighted by molar-refractivity contribution is 14.3. The highest BCUT2D eigenvalue weighted by Crippen LogP contribution is 2.19. The number of rotatable bonds is 1. The van der Waals surface area contributed by atoms with Gasteiger partial charge in [0.05, 0.1) is 7.36 Å². The topological polar surface area (TPSA) is 37.3 Å². The smallest absolute Gasteiger partial charge is 0.361 e. The molecule has 0 aliphatic rings. The Balaban J connectivity index is 3.68. The summed E-state index contributed by atoms with van der Waals surface area (Å²) in [6.45, 7) is 0. The van der Waals surface area contributed by atoms with Crippen LogP contribution in [0.4, 0.5) is 4.79 Å². The molecular weight excluding hydrogens is 361 g/mol. The lowest BCUT2D eigenvalue weighted by atomic mass is 11.6. The Morgan fingerprint density at radius 2 is 2.14 bits per heavy atom. The third-order valence-electron chi connectivity index (χ3n) is 0.147. The predicted molar refractivity (Wildman–Crippen MR) is 50.3 cm³/mol.